The number of hydrogen-bond donors (Lipinski definition) is 2. The summed E-state index contributed by atoms with van der Waals surface area (Å²) in [6.45, 7) is 1.81. The molecule has 1 aliphatic rings. The Kier molecular flexibility index (Phi) is 7.35. The number of aromatic hydroxyl groups is 1. The molecule has 0 radical (unpaired) electrons. The third kappa shape index (κ3) is 5.22. The molecule has 0 spiro atoms. The molecular formula is C32H29F2NO4. The van der Waals surface area contributed by atoms with E-state index in [4.69, 9.17) is 4.74 Å². The zero-order chi connectivity index (χ0) is 27.7. The number of aliphatic hydroxyl groups excluding tert-OH is 1. The van der Waals surface area contributed by atoms with Crippen molar-refractivity contribution in [3.05, 3.63) is 113 Å². The minimum absolute atomic E-state index is 0.0964. The fourth-order valence-corrected chi connectivity index (χ4v) is 5.23. The summed E-state index contributed by atoms with van der Waals surface area (Å²) in [5, 5.41) is 20.9. The Balaban J connectivity index is 1.41. The molecule has 5 rings (SSSR count). The lowest BCUT2D eigenvalue weighted by molar-refractivity contribution is -0.131. The van der Waals surface area contributed by atoms with Crippen LogP contribution >= 0.6 is 0 Å². The molecule has 0 saturated carbocycles. The summed E-state index contributed by atoms with van der Waals surface area (Å²) >= 11 is 0. The molecule has 1 saturated heterocycles. The number of methoxy groups -OCH3 is 1. The van der Waals surface area contributed by atoms with Gasteiger partial charge in [0.15, 0.2) is 11.5 Å². The summed E-state index contributed by atoms with van der Waals surface area (Å²) in [5.74, 6) is -0.744. The lowest BCUT2D eigenvalue weighted by Crippen LogP contribution is -2.55. The average Bonchev–Trinajstić information content (AvgIpc) is 2.94. The Bertz CT molecular complexity index is 1470. The summed E-state index contributed by atoms with van der Waals surface area (Å²) in [7, 11) is 1.51. The van der Waals surface area contributed by atoms with Crippen LogP contribution in [0, 0.1) is 24.5 Å². The monoisotopic (exact) mass is 529 g/mol. The van der Waals surface area contributed by atoms with E-state index in [2.05, 4.69) is 0 Å². The van der Waals surface area contributed by atoms with Gasteiger partial charge in [-0.25, -0.2) is 8.78 Å². The number of benzene rings is 4. The van der Waals surface area contributed by atoms with Crippen LogP contribution in [0.15, 0.2) is 84.9 Å². The molecule has 4 aromatic rings. The minimum Gasteiger partial charge on any atom is -0.504 e. The second-order valence-electron chi connectivity index (χ2n) is 9.85. The van der Waals surface area contributed by atoms with Crippen LogP contribution < -0.4 is 9.64 Å². The van der Waals surface area contributed by atoms with Crippen molar-refractivity contribution in [2.75, 3.05) is 12.0 Å². The van der Waals surface area contributed by atoms with Crippen molar-refractivity contribution in [3.8, 4) is 22.6 Å². The number of aliphatic hydroxyl groups is 1. The molecular weight excluding hydrogens is 500 g/mol. The molecule has 1 aliphatic heterocycles. The fourth-order valence-electron chi connectivity index (χ4n) is 5.23. The van der Waals surface area contributed by atoms with Crippen molar-refractivity contribution in [1.82, 2.24) is 0 Å². The van der Waals surface area contributed by atoms with Crippen LogP contribution in [0.5, 0.6) is 11.5 Å². The summed E-state index contributed by atoms with van der Waals surface area (Å²) in [6, 6.07) is 22.7. The van der Waals surface area contributed by atoms with Crippen molar-refractivity contribution < 1.29 is 28.5 Å². The lowest BCUT2D eigenvalue weighted by Gasteiger charge is -2.48. The van der Waals surface area contributed by atoms with Crippen molar-refractivity contribution in [1.29, 1.82) is 0 Å². The Labute approximate surface area is 225 Å². The van der Waals surface area contributed by atoms with Crippen LogP contribution in [-0.2, 0) is 4.79 Å². The molecule has 1 fully saturated rings. The maximum atomic E-state index is 13.6. The van der Waals surface area contributed by atoms with E-state index in [0.717, 1.165) is 16.7 Å². The topological polar surface area (TPSA) is 70.0 Å². The maximum absolute atomic E-state index is 13.6. The number of nitrogens with zero attached hydrogens (tertiary/aromatic N) is 1. The van der Waals surface area contributed by atoms with Crippen LogP contribution in [0.2, 0.25) is 0 Å². The summed E-state index contributed by atoms with van der Waals surface area (Å²) in [5.41, 5.74) is 4.60. The van der Waals surface area contributed by atoms with Crippen molar-refractivity contribution in [2.45, 2.75) is 31.9 Å². The highest BCUT2D eigenvalue weighted by Crippen LogP contribution is 2.47. The second-order valence-corrected chi connectivity index (χ2v) is 9.85. The first-order valence-electron chi connectivity index (χ1n) is 12.8. The zero-order valence-electron chi connectivity index (χ0n) is 21.6. The van der Waals surface area contributed by atoms with Gasteiger partial charge in [-0.05, 0) is 96.1 Å². The molecule has 5 nitrogen and oxygen atoms in total. The molecule has 2 N–H and O–H groups in total. The molecule has 4 aromatic carbocycles. The van der Waals surface area contributed by atoms with Gasteiger partial charge >= 0.3 is 0 Å². The number of rotatable bonds is 8. The van der Waals surface area contributed by atoms with Crippen molar-refractivity contribution >= 4 is 11.6 Å². The maximum Gasteiger partial charge on any atom is 0.233 e. The van der Waals surface area contributed by atoms with E-state index in [1.165, 1.54) is 31.4 Å². The second kappa shape index (κ2) is 10.9. The Morgan fingerprint density at radius 1 is 0.897 bits per heavy atom. The SMILES string of the molecule is COc1cc(-c2ccc([C@@H]3[C@@H](CC[C@H](O)c4ccc(F)cc4)C(=O)N3c3ccc(F)cc3)cc2)cc(C)c1O. The number of phenolic OH excluding ortho intramolecular Hbond substituents is 1. The highest BCUT2D eigenvalue weighted by Gasteiger charge is 2.48. The molecule has 1 amide bonds. The quantitative estimate of drug-likeness (QED) is 0.244. The first-order chi connectivity index (χ1) is 18.8. The molecule has 39 heavy (non-hydrogen) atoms. The van der Waals surface area contributed by atoms with Crippen molar-refractivity contribution in [2.24, 2.45) is 5.92 Å². The molecule has 3 atom stereocenters. The molecule has 7 heteroatoms. The molecule has 1 heterocycles. The number of hydrogen-bond acceptors (Lipinski definition) is 4. The van der Waals surface area contributed by atoms with Gasteiger partial charge in [-0.2, -0.15) is 0 Å². The van der Waals surface area contributed by atoms with E-state index >= 15 is 0 Å². The van der Waals surface area contributed by atoms with Crippen LogP contribution in [0.3, 0.4) is 0 Å². The number of anilines is 1. The first-order valence-corrected chi connectivity index (χ1v) is 12.8. The van der Waals surface area contributed by atoms with E-state index in [1.807, 2.05) is 30.3 Å². The van der Waals surface area contributed by atoms with E-state index in [-0.39, 0.29) is 35.3 Å². The van der Waals surface area contributed by atoms with Crippen molar-refractivity contribution in [3.63, 3.8) is 0 Å². The number of β-lactam (4-membered cyclic amide) rings is 1. The number of ether oxygens (including phenoxy) is 1. The number of aryl methyl sites for hydroxylation is 1. The molecule has 0 unspecified atom stereocenters. The average molecular weight is 530 g/mol. The van der Waals surface area contributed by atoms with Gasteiger partial charge in [0.25, 0.3) is 0 Å². The highest BCUT2D eigenvalue weighted by molar-refractivity contribution is 6.03. The van der Waals surface area contributed by atoms with Crippen LogP contribution in [-0.4, -0.2) is 23.2 Å². The lowest BCUT2D eigenvalue weighted by atomic mass is 9.78. The summed E-state index contributed by atoms with van der Waals surface area (Å²) in [4.78, 5) is 15.0. The predicted octanol–water partition coefficient (Wildman–Crippen LogP) is 6.87. The molecule has 0 aliphatic carbocycles. The normalized spacial score (nSPS) is 17.6. The van der Waals surface area contributed by atoms with E-state index < -0.39 is 6.10 Å². The van der Waals surface area contributed by atoms with E-state index in [0.29, 0.717) is 35.4 Å². The standard InChI is InChI=1S/C32H29F2NO4/c1-19-17-23(18-29(39-2)31(19)37)20-3-5-22(6-4-20)30-27(15-16-28(36)21-7-9-24(33)10-8-21)32(38)35(30)26-13-11-25(34)12-14-26/h3-14,17-18,27-28,30,36-37H,15-16H2,1-2H3/t27-,28+,30-/m1/s1. The van der Waals surface area contributed by atoms with Gasteiger partial charge < -0.3 is 19.8 Å². The van der Waals surface area contributed by atoms with Gasteiger partial charge in [0.05, 0.1) is 25.2 Å². The first kappa shape index (κ1) is 26.4. The smallest absolute Gasteiger partial charge is 0.233 e. The number of phenols is 1. The van der Waals surface area contributed by atoms with Gasteiger partial charge in [-0.15, -0.1) is 0 Å². The predicted molar refractivity (Wildman–Crippen MR) is 146 cm³/mol. The molecule has 0 bridgehead atoms. The number of carbonyl (C=O) groups is 1. The third-order valence-corrected chi connectivity index (χ3v) is 7.40. The summed E-state index contributed by atoms with van der Waals surface area (Å²) in [6.07, 6.45) is -0.0648. The van der Waals surface area contributed by atoms with Crippen LogP contribution in [0.25, 0.3) is 11.1 Å². The van der Waals surface area contributed by atoms with Crippen LogP contribution in [0.1, 0.15) is 41.7 Å². The van der Waals surface area contributed by atoms with Gasteiger partial charge in [0, 0.05) is 5.69 Å². The van der Waals surface area contributed by atoms with Gasteiger partial charge in [0.1, 0.15) is 11.6 Å². The largest absolute Gasteiger partial charge is 0.504 e. The van der Waals surface area contributed by atoms with E-state index in [9.17, 15) is 23.8 Å². The molecule has 200 valence electrons. The highest BCUT2D eigenvalue weighted by atomic mass is 19.1. The third-order valence-electron chi connectivity index (χ3n) is 7.40. The summed E-state index contributed by atoms with van der Waals surface area (Å²) < 4.78 is 32.2. The number of amides is 1. The minimum atomic E-state index is -0.825. The Morgan fingerprint density at radius 3 is 2.13 bits per heavy atom. The van der Waals surface area contributed by atoms with Crippen LogP contribution in [0.4, 0.5) is 14.5 Å². The van der Waals surface area contributed by atoms with E-state index in [1.54, 1.807) is 42.2 Å². The Hall–Kier alpha value is -4.23. The van der Waals surface area contributed by atoms with Gasteiger partial charge in [-0.1, -0.05) is 36.4 Å². The fraction of sp³-hybridized carbons (Fsp3) is 0.219. The van der Waals surface area contributed by atoms with Gasteiger partial charge in [0.2, 0.25) is 5.91 Å². The number of carbonyl (C=O) groups excluding carboxylic acids is 1. The number of halogens is 2. The zero-order valence-corrected chi connectivity index (χ0v) is 21.6. The van der Waals surface area contributed by atoms with Gasteiger partial charge in [-0.3, -0.25) is 4.79 Å². The Morgan fingerprint density at radius 2 is 1.51 bits per heavy atom. The molecule has 0 aromatic heterocycles.